The minimum atomic E-state index is -1.09. The molecule has 1 heterocycles. The molecule has 7 nitrogen and oxygen atoms in total. The molecule has 7 heteroatoms. The first-order valence-corrected chi connectivity index (χ1v) is 6.31. The van der Waals surface area contributed by atoms with Gasteiger partial charge in [0.2, 0.25) is 5.91 Å². The highest BCUT2D eigenvalue weighted by atomic mass is 16.5. The van der Waals surface area contributed by atoms with Gasteiger partial charge in [-0.3, -0.25) is 4.79 Å². The van der Waals surface area contributed by atoms with Gasteiger partial charge in [-0.2, -0.15) is 0 Å². The van der Waals surface area contributed by atoms with Crippen molar-refractivity contribution in [1.29, 1.82) is 0 Å². The summed E-state index contributed by atoms with van der Waals surface area (Å²) in [4.78, 5) is 25.7. The average Bonchev–Trinajstić information content (AvgIpc) is 2.46. The van der Waals surface area contributed by atoms with Gasteiger partial charge in [-0.1, -0.05) is 24.3 Å². The van der Waals surface area contributed by atoms with Gasteiger partial charge in [0.05, 0.1) is 6.61 Å². The lowest BCUT2D eigenvalue weighted by Gasteiger charge is -2.10. The van der Waals surface area contributed by atoms with E-state index < -0.39 is 11.9 Å². The maximum Gasteiger partial charge on any atom is 0.354 e. The number of pyridine rings is 1. The van der Waals surface area contributed by atoms with Crippen molar-refractivity contribution in [2.75, 3.05) is 25.1 Å². The second-order valence-electron chi connectivity index (χ2n) is 4.33. The summed E-state index contributed by atoms with van der Waals surface area (Å²) in [5.74, 6) is -1.16. The molecule has 0 saturated carbocycles. The number of aromatic nitrogens is 1. The number of nitrogens with zero attached hydrogens (tertiary/aromatic N) is 1. The number of carboxylic acids is 1. The Hall–Kier alpha value is -2.67. The second-order valence-corrected chi connectivity index (χ2v) is 4.33. The molecule has 110 valence electrons. The molecule has 0 aliphatic rings. The molecule has 2 aromatic rings. The molecule has 0 unspecified atom stereocenters. The number of aromatic carboxylic acids is 1. The van der Waals surface area contributed by atoms with Crippen LogP contribution in [0.5, 0.6) is 0 Å². The Morgan fingerprint density at radius 1 is 1.33 bits per heavy atom. The van der Waals surface area contributed by atoms with Gasteiger partial charge < -0.3 is 20.9 Å². The molecule has 0 atom stereocenters. The summed E-state index contributed by atoms with van der Waals surface area (Å²) in [7, 11) is 0. The summed E-state index contributed by atoms with van der Waals surface area (Å²) in [6, 6.07) is 8.86. The number of carbonyl (C=O) groups excluding carboxylic acids is 1. The van der Waals surface area contributed by atoms with Crippen molar-refractivity contribution in [3.63, 3.8) is 0 Å². The van der Waals surface area contributed by atoms with Crippen molar-refractivity contribution < 1.29 is 19.4 Å². The molecule has 0 fully saturated rings. The van der Waals surface area contributed by atoms with Crippen LogP contribution in [0.25, 0.3) is 10.8 Å². The zero-order chi connectivity index (χ0) is 15.2. The fraction of sp³-hybridized carbons (Fsp3) is 0.214. The first kappa shape index (κ1) is 14.7. The van der Waals surface area contributed by atoms with Gasteiger partial charge in [0, 0.05) is 11.9 Å². The van der Waals surface area contributed by atoms with E-state index >= 15 is 0 Å². The summed E-state index contributed by atoms with van der Waals surface area (Å²) in [6.07, 6.45) is 0. The normalized spacial score (nSPS) is 10.5. The molecule has 0 saturated heterocycles. The van der Waals surface area contributed by atoms with E-state index in [1.54, 1.807) is 0 Å². The Balaban J connectivity index is 2.13. The molecule has 1 amide bonds. The number of ether oxygens (including phenoxy) is 1. The number of fused-ring (bicyclic) bond motifs is 1. The molecule has 21 heavy (non-hydrogen) atoms. The van der Waals surface area contributed by atoms with E-state index in [4.69, 9.17) is 15.6 Å². The number of anilines is 1. The maximum absolute atomic E-state index is 11.1. The molecular formula is C14H15N3O4. The minimum Gasteiger partial charge on any atom is -0.477 e. The van der Waals surface area contributed by atoms with E-state index in [0.717, 1.165) is 10.8 Å². The standard InChI is InChI=1S/C14H15N3O4/c15-12(18)8-21-6-5-16-13-10-4-2-1-3-9(10)7-11(17-13)14(19)20/h1-4,7H,5-6,8H2,(H2,15,18)(H,16,17)(H,19,20). The predicted octanol–water partition coefficient (Wildman–Crippen LogP) is 0.847. The van der Waals surface area contributed by atoms with E-state index in [2.05, 4.69) is 10.3 Å². The second kappa shape index (κ2) is 6.67. The van der Waals surface area contributed by atoms with Crippen LogP contribution < -0.4 is 11.1 Å². The Bertz CT molecular complexity index is 672. The number of primary amides is 1. The molecule has 0 radical (unpaired) electrons. The Labute approximate surface area is 120 Å². The summed E-state index contributed by atoms with van der Waals surface area (Å²) in [5.41, 5.74) is 4.92. The van der Waals surface area contributed by atoms with Crippen LogP contribution in [-0.4, -0.2) is 41.7 Å². The molecule has 2 rings (SSSR count). The highest BCUT2D eigenvalue weighted by Crippen LogP contribution is 2.22. The monoisotopic (exact) mass is 289 g/mol. The van der Waals surface area contributed by atoms with Crippen LogP contribution in [0.1, 0.15) is 10.5 Å². The highest BCUT2D eigenvalue weighted by molar-refractivity contribution is 5.97. The lowest BCUT2D eigenvalue weighted by Crippen LogP contribution is -2.21. The van der Waals surface area contributed by atoms with Gasteiger partial charge in [0.15, 0.2) is 5.69 Å². The third-order valence-corrected chi connectivity index (χ3v) is 2.74. The van der Waals surface area contributed by atoms with Crippen LogP contribution in [0, 0.1) is 0 Å². The van der Waals surface area contributed by atoms with Crippen LogP contribution in [0.15, 0.2) is 30.3 Å². The predicted molar refractivity (Wildman–Crippen MR) is 77.2 cm³/mol. The fourth-order valence-electron chi connectivity index (χ4n) is 1.86. The molecule has 1 aromatic heterocycles. The van der Waals surface area contributed by atoms with Crippen molar-refractivity contribution in [1.82, 2.24) is 4.98 Å². The molecule has 0 aliphatic heterocycles. The Morgan fingerprint density at radius 3 is 2.81 bits per heavy atom. The third kappa shape index (κ3) is 3.90. The van der Waals surface area contributed by atoms with Crippen molar-refractivity contribution >= 4 is 28.5 Å². The lowest BCUT2D eigenvalue weighted by atomic mass is 10.1. The van der Waals surface area contributed by atoms with Crippen molar-refractivity contribution in [3.8, 4) is 0 Å². The minimum absolute atomic E-state index is 0.0331. The Morgan fingerprint density at radius 2 is 2.10 bits per heavy atom. The van der Waals surface area contributed by atoms with Crippen molar-refractivity contribution in [3.05, 3.63) is 36.0 Å². The van der Waals surface area contributed by atoms with E-state index in [1.807, 2.05) is 24.3 Å². The molecular weight excluding hydrogens is 274 g/mol. The van der Waals surface area contributed by atoms with Gasteiger partial charge in [0.25, 0.3) is 0 Å². The molecule has 1 aromatic carbocycles. The molecule has 0 aliphatic carbocycles. The van der Waals surface area contributed by atoms with Gasteiger partial charge in [0.1, 0.15) is 12.4 Å². The summed E-state index contributed by atoms with van der Waals surface area (Å²) >= 11 is 0. The number of carboxylic acid groups (broad SMARTS) is 1. The number of hydrogen-bond donors (Lipinski definition) is 3. The largest absolute Gasteiger partial charge is 0.477 e. The zero-order valence-electron chi connectivity index (χ0n) is 11.2. The number of nitrogens with two attached hydrogens (primary N) is 1. The summed E-state index contributed by atoms with van der Waals surface area (Å²) < 4.78 is 5.03. The van der Waals surface area contributed by atoms with E-state index in [-0.39, 0.29) is 18.9 Å². The van der Waals surface area contributed by atoms with Crippen LogP contribution in [0.4, 0.5) is 5.82 Å². The van der Waals surface area contributed by atoms with E-state index in [9.17, 15) is 9.59 Å². The van der Waals surface area contributed by atoms with Crippen LogP contribution in [0.2, 0.25) is 0 Å². The first-order valence-electron chi connectivity index (χ1n) is 6.31. The topological polar surface area (TPSA) is 115 Å². The number of amides is 1. The lowest BCUT2D eigenvalue weighted by molar-refractivity contribution is -0.122. The van der Waals surface area contributed by atoms with E-state index in [1.165, 1.54) is 6.07 Å². The van der Waals surface area contributed by atoms with Gasteiger partial charge in [-0.15, -0.1) is 0 Å². The molecule has 4 N–H and O–H groups in total. The van der Waals surface area contributed by atoms with Crippen molar-refractivity contribution in [2.24, 2.45) is 5.73 Å². The highest BCUT2D eigenvalue weighted by Gasteiger charge is 2.10. The number of rotatable bonds is 7. The van der Waals surface area contributed by atoms with E-state index in [0.29, 0.717) is 12.4 Å². The first-order chi connectivity index (χ1) is 10.1. The Kier molecular flexibility index (Phi) is 4.68. The van der Waals surface area contributed by atoms with Crippen molar-refractivity contribution in [2.45, 2.75) is 0 Å². The van der Waals surface area contributed by atoms with Gasteiger partial charge in [-0.05, 0) is 11.5 Å². The number of hydrogen-bond acceptors (Lipinski definition) is 5. The summed E-state index contributed by atoms with van der Waals surface area (Å²) in [6.45, 7) is 0.495. The molecule has 0 spiro atoms. The summed E-state index contributed by atoms with van der Waals surface area (Å²) in [5, 5.41) is 13.7. The third-order valence-electron chi connectivity index (χ3n) is 2.74. The SMILES string of the molecule is NC(=O)COCCNc1nc(C(=O)O)cc2ccccc12. The van der Waals surface area contributed by atoms with Gasteiger partial charge >= 0.3 is 5.97 Å². The number of carbonyl (C=O) groups is 2. The fourth-order valence-corrected chi connectivity index (χ4v) is 1.86. The van der Waals surface area contributed by atoms with Gasteiger partial charge in [-0.25, -0.2) is 9.78 Å². The van der Waals surface area contributed by atoms with Crippen LogP contribution in [0.3, 0.4) is 0 Å². The number of benzene rings is 1. The molecule has 0 bridgehead atoms. The smallest absolute Gasteiger partial charge is 0.354 e. The zero-order valence-corrected chi connectivity index (χ0v) is 11.2. The van der Waals surface area contributed by atoms with Crippen LogP contribution >= 0.6 is 0 Å². The maximum atomic E-state index is 11.1. The average molecular weight is 289 g/mol. The number of nitrogens with one attached hydrogen (secondary N) is 1. The quantitative estimate of drug-likeness (QED) is 0.651. The van der Waals surface area contributed by atoms with Crippen LogP contribution in [-0.2, 0) is 9.53 Å².